The van der Waals surface area contributed by atoms with Crippen LogP contribution < -0.4 is 24.4 Å². The average molecular weight is 674 g/mol. The van der Waals surface area contributed by atoms with Crippen LogP contribution in [0.3, 0.4) is 0 Å². The molecule has 0 bridgehead atoms. The molecule has 0 unspecified atom stereocenters. The fraction of sp³-hybridized carbons (Fsp3) is 0.154. The molecule has 8 nitrogen and oxygen atoms in total. The molecule has 0 saturated heterocycles. The van der Waals surface area contributed by atoms with Crippen molar-refractivity contribution in [3.05, 3.63) is 157 Å². The highest BCUT2D eigenvalue weighted by atomic mass is 32.1. The molecule has 2 aromatic heterocycles. The Hall–Kier alpha value is -5.74. The lowest BCUT2D eigenvalue weighted by atomic mass is 9.93. The molecule has 7 rings (SSSR count). The quantitative estimate of drug-likeness (QED) is 0.174. The number of hydrogen-bond acceptors (Lipinski definition) is 7. The summed E-state index contributed by atoms with van der Waals surface area (Å²) < 4.78 is 34.4. The number of carbonyl (C=O) groups is 1. The van der Waals surface area contributed by atoms with Gasteiger partial charge >= 0.3 is 5.97 Å². The first-order valence-corrected chi connectivity index (χ1v) is 16.5. The molecular weight excluding hydrogens is 642 g/mol. The lowest BCUT2D eigenvalue weighted by Crippen LogP contribution is -2.40. The Morgan fingerprint density at radius 2 is 1.67 bits per heavy atom. The van der Waals surface area contributed by atoms with Crippen LogP contribution in [-0.2, 0) is 16.1 Å². The van der Waals surface area contributed by atoms with Crippen molar-refractivity contribution in [1.29, 1.82) is 0 Å². The Balaban J connectivity index is 1.46. The van der Waals surface area contributed by atoms with Gasteiger partial charge in [0.2, 0.25) is 0 Å². The SMILES string of the molecule is CCOC(=O)C1=C(c2ccccc2)N=c2s/c(=C/c3cn(Cc4ccc(F)cc4)c4ccccc34)c(=O)n2[C@@H]1c1ccc(OC)c(OC)c1. The minimum absolute atomic E-state index is 0.148. The zero-order valence-corrected chi connectivity index (χ0v) is 27.9. The smallest absolute Gasteiger partial charge is 0.338 e. The molecule has 0 saturated carbocycles. The summed E-state index contributed by atoms with van der Waals surface area (Å²) in [7, 11) is 3.09. The predicted molar refractivity (Wildman–Crippen MR) is 188 cm³/mol. The number of fused-ring (bicyclic) bond motifs is 2. The molecule has 6 aromatic rings. The van der Waals surface area contributed by atoms with Gasteiger partial charge in [-0.3, -0.25) is 9.36 Å². The molecular formula is C39H32FN3O5S. The standard InChI is InChI=1S/C39H32FN3O5S/c1-4-48-38(45)34-35(25-10-6-5-7-11-25)41-39-43(36(34)26-16-19-31(46-2)32(20-26)47-3)37(44)33(49-39)21-27-23-42(30-13-9-8-12-29(27)30)22-24-14-17-28(40)18-15-24/h5-21,23,36H,4,22H2,1-3H3/b33-21+/t36-/m1/s1. The summed E-state index contributed by atoms with van der Waals surface area (Å²) in [6.07, 6.45) is 3.87. The van der Waals surface area contributed by atoms with E-state index < -0.39 is 12.0 Å². The number of hydrogen-bond donors (Lipinski definition) is 0. The van der Waals surface area contributed by atoms with Crippen LogP contribution in [-0.4, -0.2) is 35.9 Å². The van der Waals surface area contributed by atoms with E-state index in [-0.39, 0.29) is 23.6 Å². The number of benzene rings is 4. The van der Waals surface area contributed by atoms with Crippen LogP contribution in [0.4, 0.5) is 4.39 Å². The molecule has 0 aliphatic carbocycles. The largest absolute Gasteiger partial charge is 0.493 e. The number of thiazole rings is 1. The van der Waals surface area contributed by atoms with Gasteiger partial charge in [0.15, 0.2) is 16.3 Å². The van der Waals surface area contributed by atoms with Crippen molar-refractivity contribution in [2.45, 2.75) is 19.5 Å². The molecule has 0 radical (unpaired) electrons. The van der Waals surface area contributed by atoms with Crippen molar-refractivity contribution in [2.75, 3.05) is 20.8 Å². The zero-order chi connectivity index (χ0) is 34.1. The highest BCUT2D eigenvalue weighted by Gasteiger charge is 2.35. The van der Waals surface area contributed by atoms with Crippen LogP contribution in [0.25, 0.3) is 22.7 Å². The van der Waals surface area contributed by atoms with Gasteiger partial charge in [0.1, 0.15) is 5.82 Å². The van der Waals surface area contributed by atoms with Crippen LogP contribution in [0.1, 0.15) is 35.2 Å². The minimum Gasteiger partial charge on any atom is -0.493 e. The second-order valence-electron chi connectivity index (χ2n) is 11.4. The number of nitrogens with zero attached hydrogens (tertiary/aromatic N) is 3. The second kappa shape index (κ2) is 13.4. The first kappa shape index (κ1) is 31.8. The van der Waals surface area contributed by atoms with Gasteiger partial charge < -0.3 is 18.8 Å². The number of ether oxygens (including phenoxy) is 3. The highest BCUT2D eigenvalue weighted by Crippen LogP contribution is 2.38. The predicted octanol–water partition coefficient (Wildman–Crippen LogP) is 6.09. The number of halogens is 1. The Morgan fingerprint density at radius 3 is 2.41 bits per heavy atom. The van der Waals surface area contributed by atoms with Crippen molar-refractivity contribution in [3.63, 3.8) is 0 Å². The van der Waals surface area contributed by atoms with Crippen molar-refractivity contribution >= 4 is 40.0 Å². The topological polar surface area (TPSA) is 84.1 Å². The molecule has 0 spiro atoms. The number of methoxy groups -OCH3 is 2. The summed E-state index contributed by atoms with van der Waals surface area (Å²) in [5, 5.41) is 0.962. The van der Waals surface area contributed by atoms with E-state index in [2.05, 4.69) is 4.57 Å². The van der Waals surface area contributed by atoms with E-state index in [4.69, 9.17) is 19.2 Å². The molecule has 0 fully saturated rings. The van der Waals surface area contributed by atoms with Gasteiger partial charge in [-0.1, -0.05) is 78.1 Å². The summed E-state index contributed by atoms with van der Waals surface area (Å²) in [4.78, 5) is 33.8. The summed E-state index contributed by atoms with van der Waals surface area (Å²) in [6, 6.07) is 28.3. The zero-order valence-electron chi connectivity index (χ0n) is 27.1. The maximum Gasteiger partial charge on any atom is 0.338 e. The van der Waals surface area contributed by atoms with Gasteiger partial charge in [0.05, 0.1) is 42.7 Å². The molecule has 10 heteroatoms. The molecule has 3 heterocycles. The third-order valence-corrected chi connectivity index (χ3v) is 9.45. The van der Waals surface area contributed by atoms with Gasteiger partial charge in [-0.15, -0.1) is 0 Å². The third kappa shape index (κ3) is 5.95. The minimum atomic E-state index is -0.868. The van der Waals surface area contributed by atoms with Crippen molar-refractivity contribution in [3.8, 4) is 11.5 Å². The van der Waals surface area contributed by atoms with E-state index in [0.717, 1.165) is 27.6 Å². The van der Waals surface area contributed by atoms with Gasteiger partial charge in [0.25, 0.3) is 5.56 Å². The molecule has 4 aromatic carbocycles. The summed E-state index contributed by atoms with van der Waals surface area (Å²) in [6.45, 7) is 2.42. The lowest BCUT2D eigenvalue weighted by Gasteiger charge is -2.26. The van der Waals surface area contributed by atoms with Crippen LogP contribution >= 0.6 is 11.3 Å². The molecule has 0 amide bonds. The van der Waals surface area contributed by atoms with Crippen LogP contribution in [0, 0.1) is 5.82 Å². The number of para-hydroxylation sites is 1. The van der Waals surface area contributed by atoms with E-state index in [1.807, 2.05) is 72.9 Å². The monoisotopic (exact) mass is 673 g/mol. The second-order valence-corrected chi connectivity index (χ2v) is 12.4. The molecule has 246 valence electrons. The Kier molecular flexibility index (Phi) is 8.71. The summed E-state index contributed by atoms with van der Waals surface area (Å²) >= 11 is 1.26. The van der Waals surface area contributed by atoms with Crippen LogP contribution in [0.15, 0.2) is 119 Å². The molecule has 1 atom stereocenters. The first-order chi connectivity index (χ1) is 23.9. The van der Waals surface area contributed by atoms with E-state index in [1.165, 1.54) is 30.6 Å². The maximum atomic E-state index is 14.5. The number of rotatable bonds is 9. The molecule has 1 aliphatic heterocycles. The van der Waals surface area contributed by atoms with Crippen LogP contribution in [0.2, 0.25) is 0 Å². The Labute approximate surface area is 285 Å². The van der Waals surface area contributed by atoms with E-state index >= 15 is 0 Å². The maximum absolute atomic E-state index is 14.5. The highest BCUT2D eigenvalue weighted by molar-refractivity contribution is 7.07. The average Bonchev–Trinajstić information content (AvgIpc) is 3.64. The van der Waals surface area contributed by atoms with Crippen molar-refractivity contribution in [1.82, 2.24) is 9.13 Å². The van der Waals surface area contributed by atoms with E-state index in [9.17, 15) is 14.0 Å². The normalized spacial score (nSPS) is 14.4. The van der Waals surface area contributed by atoms with E-state index in [1.54, 1.807) is 42.9 Å². The summed E-state index contributed by atoms with van der Waals surface area (Å²) in [5.74, 6) is 0.117. The summed E-state index contributed by atoms with van der Waals surface area (Å²) in [5.41, 5.74) is 4.50. The van der Waals surface area contributed by atoms with Crippen molar-refractivity contribution in [2.24, 2.45) is 4.99 Å². The number of carbonyl (C=O) groups excluding carboxylic acids is 1. The van der Waals surface area contributed by atoms with Gasteiger partial charge in [-0.05, 0) is 54.5 Å². The Morgan fingerprint density at radius 1 is 0.939 bits per heavy atom. The van der Waals surface area contributed by atoms with Gasteiger partial charge in [0, 0.05) is 34.8 Å². The van der Waals surface area contributed by atoms with E-state index in [0.29, 0.717) is 38.6 Å². The van der Waals surface area contributed by atoms with Crippen molar-refractivity contribution < 1.29 is 23.4 Å². The molecule has 49 heavy (non-hydrogen) atoms. The number of aromatic nitrogens is 2. The Bertz CT molecular complexity index is 2410. The fourth-order valence-electron chi connectivity index (χ4n) is 6.23. The molecule has 1 aliphatic rings. The van der Waals surface area contributed by atoms with Crippen LogP contribution in [0.5, 0.6) is 11.5 Å². The third-order valence-electron chi connectivity index (χ3n) is 8.47. The lowest BCUT2D eigenvalue weighted by molar-refractivity contribution is -0.138. The van der Waals surface area contributed by atoms with Gasteiger partial charge in [-0.2, -0.15) is 0 Å². The molecule has 0 N–H and O–H groups in total. The fourth-order valence-corrected chi connectivity index (χ4v) is 7.22. The number of esters is 1. The van der Waals surface area contributed by atoms with Gasteiger partial charge in [-0.25, -0.2) is 14.2 Å². The first-order valence-electron chi connectivity index (χ1n) is 15.7.